The van der Waals surface area contributed by atoms with Crippen LogP contribution in [-0.2, 0) is 0 Å². The van der Waals surface area contributed by atoms with Crippen molar-refractivity contribution in [3.05, 3.63) is 17.7 Å². The molecule has 0 bridgehead atoms. The van der Waals surface area contributed by atoms with E-state index >= 15 is 0 Å². The second-order valence-corrected chi connectivity index (χ2v) is 5.97. The first-order chi connectivity index (χ1) is 11.1. The molecule has 0 saturated heterocycles. The summed E-state index contributed by atoms with van der Waals surface area (Å²) in [5.41, 5.74) is 0.511. The molecule has 1 aliphatic carbocycles. The molecule has 0 radical (unpaired) electrons. The summed E-state index contributed by atoms with van der Waals surface area (Å²) in [5, 5.41) is 0. The van der Waals surface area contributed by atoms with Crippen LogP contribution in [0.5, 0.6) is 17.2 Å². The van der Waals surface area contributed by atoms with Crippen LogP contribution in [0.4, 0.5) is 0 Å². The van der Waals surface area contributed by atoms with E-state index < -0.39 is 0 Å². The molecule has 0 spiro atoms. The Morgan fingerprint density at radius 2 is 1.43 bits per heavy atom. The Morgan fingerprint density at radius 3 is 1.96 bits per heavy atom. The van der Waals surface area contributed by atoms with Crippen LogP contribution in [0.25, 0.3) is 0 Å². The van der Waals surface area contributed by atoms with Gasteiger partial charge in [-0.3, -0.25) is 4.79 Å². The number of benzene rings is 1. The molecule has 128 valence electrons. The lowest BCUT2D eigenvalue weighted by atomic mass is 10.1. The zero-order chi connectivity index (χ0) is 16.8. The standard InChI is InChI=1S/C18H27NO4/c1-19(13-9-7-5-6-8-10-13)18(20)14-11-16(22-3)17(23-4)12-15(14)21-2/h11-13H,5-10H2,1-4H3. The van der Waals surface area contributed by atoms with Crippen LogP contribution in [-0.4, -0.2) is 45.2 Å². The predicted molar refractivity (Wildman–Crippen MR) is 89.7 cm³/mol. The maximum Gasteiger partial charge on any atom is 0.257 e. The van der Waals surface area contributed by atoms with Crippen molar-refractivity contribution in [1.82, 2.24) is 4.90 Å². The molecule has 0 N–H and O–H groups in total. The SMILES string of the molecule is COc1cc(OC)c(C(=O)N(C)C2CCCCCC2)cc1OC. The van der Waals surface area contributed by atoms with Gasteiger partial charge in [-0.05, 0) is 12.8 Å². The topological polar surface area (TPSA) is 48.0 Å². The van der Waals surface area contributed by atoms with Gasteiger partial charge in [-0.1, -0.05) is 25.7 Å². The van der Waals surface area contributed by atoms with Gasteiger partial charge in [-0.2, -0.15) is 0 Å². The second kappa shape index (κ2) is 8.09. The van der Waals surface area contributed by atoms with Crippen molar-refractivity contribution in [3.8, 4) is 17.2 Å². The molecule has 1 amide bonds. The zero-order valence-corrected chi connectivity index (χ0v) is 14.6. The quantitative estimate of drug-likeness (QED) is 0.779. The molecule has 0 unspecified atom stereocenters. The van der Waals surface area contributed by atoms with Crippen molar-refractivity contribution in [2.45, 2.75) is 44.6 Å². The highest BCUT2D eigenvalue weighted by atomic mass is 16.5. The van der Waals surface area contributed by atoms with Gasteiger partial charge in [0, 0.05) is 25.2 Å². The van der Waals surface area contributed by atoms with E-state index in [4.69, 9.17) is 14.2 Å². The molecular weight excluding hydrogens is 294 g/mol. The summed E-state index contributed by atoms with van der Waals surface area (Å²) in [7, 11) is 6.57. The number of nitrogens with zero attached hydrogens (tertiary/aromatic N) is 1. The molecule has 1 fully saturated rings. The summed E-state index contributed by atoms with van der Waals surface area (Å²) in [6, 6.07) is 3.70. The van der Waals surface area contributed by atoms with Gasteiger partial charge in [-0.25, -0.2) is 0 Å². The van der Waals surface area contributed by atoms with Crippen LogP contribution in [0.1, 0.15) is 48.9 Å². The van der Waals surface area contributed by atoms with Crippen LogP contribution in [0, 0.1) is 0 Å². The third kappa shape index (κ3) is 3.89. The molecule has 5 nitrogen and oxygen atoms in total. The molecule has 1 saturated carbocycles. The summed E-state index contributed by atoms with van der Waals surface area (Å²) in [5.74, 6) is 1.56. The highest BCUT2D eigenvalue weighted by molar-refractivity contribution is 5.97. The second-order valence-electron chi connectivity index (χ2n) is 5.97. The predicted octanol–water partition coefficient (Wildman–Crippen LogP) is 3.51. The highest BCUT2D eigenvalue weighted by Crippen LogP contribution is 2.35. The van der Waals surface area contributed by atoms with Gasteiger partial charge in [0.25, 0.3) is 5.91 Å². The molecule has 0 heterocycles. The van der Waals surface area contributed by atoms with Crippen LogP contribution >= 0.6 is 0 Å². The van der Waals surface area contributed by atoms with Gasteiger partial charge in [0.1, 0.15) is 5.75 Å². The Labute approximate surface area is 138 Å². The molecule has 5 heteroatoms. The monoisotopic (exact) mass is 321 g/mol. The molecule has 1 aromatic carbocycles. The van der Waals surface area contributed by atoms with Crippen LogP contribution in [0.3, 0.4) is 0 Å². The van der Waals surface area contributed by atoms with E-state index in [1.54, 1.807) is 33.5 Å². The Kier molecular flexibility index (Phi) is 6.13. The van der Waals surface area contributed by atoms with Gasteiger partial charge in [0.15, 0.2) is 11.5 Å². The summed E-state index contributed by atoms with van der Waals surface area (Å²) < 4.78 is 16.0. The number of methoxy groups -OCH3 is 3. The molecular formula is C18H27NO4. The maximum atomic E-state index is 13.0. The van der Waals surface area contributed by atoms with E-state index in [2.05, 4.69) is 0 Å². The van der Waals surface area contributed by atoms with E-state index in [-0.39, 0.29) is 5.91 Å². The lowest BCUT2D eigenvalue weighted by Crippen LogP contribution is -2.37. The number of hydrogen-bond acceptors (Lipinski definition) is 4. The van der Waals surface area contributed by atoms with Crippen LogP contribution in [0.2, 0.25) is 0 Å². The summed E-state index contributed by atoms with van der Waals surface area (Å²) in [6.45, 7) is 0. The third-order valence-electron chi connectivity index (χ3n) is 4.63. The highest BCUT2D eigenvalue weighted by Gasteiger charge is 2.26. The van der Waals surface area contributed by atoms with Gasteiger partial charge in [0.05, 0.1) is 26.9 Å². The van der Waals surface area contributed by atoms with Crippen molar-refractivity contribution < 1.29 is 19.0 Å². The molecule has 0 atom stereocenters. The minimum absolute atomic E-state index is 0.0327. The Bertz CT molecular complexity index is 536. The van der Waals surface area contributed by atoms with E-state index in [9.17, 15) is 4.79 Å². The Hall–Kier alpha value is -1.91. The number of carbonyl (C=O) groups excluding carboxylic acids is 1. The summed E-state index contributed by atoms with van der Waals surface area (Å²) >= 11 is 0. The van der Waals surface area contributed by atoms with E-state index in [1.165, 1.54) is 25.7 Å². The van der Waals surface area contributed by atoms with Gasteiger partial charge >= 0.3 is 0 Å². The fourth-order valence-corrected chi connectivity index (χ4v) is 3.20. The smallest absolute Gasteiger partial charge is 0.257 e. The first-order valence-electron chi connectivity index (χ1n) is 8.19. The van der Waals surface area contributed by atoms with Crippen LogP contribution < -0.4 is 14.2 Å². The largest absolute Gasteiger partial charge is 0.496 e. The first kappa shape index (κ1) is 17.4. The summed E-state index contributed by atoms with van der Waals surface area (Å²) in [4.78, 5) is 14.8. The zero-order valence-electron chi connectivity index (χ0n) is 14.6. The minimum atomic E-state index is -0.0327. The lowest BCUT2D eigenvalue weighted by molar-refractivity contribution is 0.0714. The fourth-order valence-electron chi connectivity index (χ4n) is 3.20. The average molecular weight is 321 g/mol. The molecule has 23 heavy (non-hydrogen) atoms. The fraction of sp³-hybridized carbons (Fsp3) is 0.611. The summed E-state index contributed by atoms with van der Waals surface area (Å²) in [6.07, 6.45) is 7.03. The van der Waals surface area contributed by atoms with E-state index in [0.717, 1.165) is 12.8 Å². The van der Waals surface area contributed by atoms with Crippen molar-refractivity contribution in [1.29, 1.82) is 0 Å². The average Bonchev–Trinajstić information content (AvgIpc) is 2.88. The number of carbonyl (C=O) groups is 1. The molecule has 0 aromatic heterocycles. The number of ether oxygens (including phenoxy) is 3. The number of amides is 1. The Balaban J connectivity index is 2.29. The van der Waals surface area contributed by atoms with Gasteiger partial charge in [0.2, 0.25) is 0 Å². The van der Waals surface area contributed by atoms with Crippen molar-refractivity contribution in [2.75, 3.05) is 28.4 Å². The van der Waals surface area contributed by atoms with Crippen molar-refractivity contribution in [2.24, 2.45) is 0 Å². The lowest BCUT2D eigenvalue weighted by Gasteiger charge is -2.28. The molecule has 1 aromatic rings. The van der Waals surface area contributed by atoms with Crippen LogP contribution in [0.15, 0.2) is 12.1 Å². The van der Waals surface area contributed by atoms with Crippen molar-refractivity contribution >= 4 is 5.91 Å². The van der Waals surface area contributed by atoms with Gasteiger partial charge in [-0.15, -0.1) is 0 Å². The number of rotatable bonds is 5. The Morgan fingerprint density at radius 1 is 0.913 bits per heavy atom. The first-order valence-corrected chi connectivity index (χ1v) is 8.19. The van der Waals surface area contributed by atoms with E-state index in [0.29, 0.717) is 28.9 Å². The normalized spacial score (nSPS) is 15.7. The molecule has 0 aliphatic heterocycles. The molecule has 2 rings (SSSR count). The van der Waals surface area contributed by atoms with Crippen molar-refractivity contribution in [3.63, 3.8) is 0 Å². The minimum Gasteiger partial charge on any atom is -0.496 e. The number of hydrogen-bond donors (Lipinski definition) is 0. The molecule has 1 aliphatic rings. The van der Waals surface area contributed by atoms with E-state index in [1.807, 2.05) is 11.9 Å². The maximum absolute atomic E-state index is 13.0. The third-order valence-corrected chi connectivity index (χ3v) is 4.63. The van der Waals surface area contributed by atoms with Gasteiger partial charge < -0.3 is 19.1 Å².